The van der Waals surface area contributed by atoms with Gasteiger partial charge in [0.1, 0.15) is 5.82 Å². The second-order valence-corrected chi connectivity index (χ2v) is 10.2. The standard InChI is InChI=1S/C23H28ClN5O/c1-23(2,3)14-29-19-9-10-20(25-21(19)26(4)22(29)30)28-13-15-11-16(28)12-27(15)18-8-6-5-7-17(18)24/h5-10,15-16H,11-14H2,1-4H3. The predicted molar refractivity (Wildman–Crippen MR) is 123 cm³/mol. The van der Waals surface area contributed by atoms with Crippen molar-refractivity contribution in [3.05, 3.63) is 51.9 Å². The molecule has 2 atom stereocenters. The lowest BCUT2D eigenvalue weighted by Gasteiger charge is -2.36. The minimum atomic E-state index is -0.00240. The summed E-state index contributed by atoms with van der Waals surface area (Å²) >= 11 is 6.44. The monoisotopic (exact) mass is 425 g/mol. The number of para-hydroxylation sites is 1. The van der Waals surface area contributed by atoms with E-state index in [1.807, 2.05) is 29.8 Å². The van der Waals surface area contributed by atoms with Crippen LogP contribution in [0.2, 0.25) is 5.02 Å². The summed E-state index contributed by atoms with van der Waals surface area (Å²) in [6.07, 6.45) is 1.11. The van der Waals surface area contributed by atoms with Crippen LogP contribution in [0.1, 0.15) is 27.2 Å². The van der Waals surface area contributed by atoms with Gasteiger partial charge in [-0.05, 0) is 36.1 Å². The number of anilines is 2. The first kappa shape index (κ1) is 19.5. The van der Waals surface area contributed by atoms with Gasteiger partial charge in [-0.3, -0.25) is 9.13 Å². The molecule has 158 valence electrons. The van der Waals surface area contributed by atoms with E-state index >= 15 is 0 Å². The van der Waals surface area contributed by atoms with E-state index in [0.717, 1.165) is 47.2 Å². The summed E-state index contributed by atoms with van der Waals surface area (Å²) in [5, 5.41) is 0.811. The average Bonchev–Trinajstić information content (AvgIpc) is 3.36. The number of rotatable bonds is 3. The van der Waals surface area contributed by atoms with Crippen LogP contribution in [0, 0.1) is 5.41 Å². The first-order valence-corrected chi connectivity index (χ1v) is 10.9. The van der Waals surface area contributed by atoms with Gasteiger partial charge in [-0.15, -0.1) is 0 Å². The lowest BCUT2D eigenvalue weighted by molar-refractivity contribution is 0.342. The third kappa shape index (κ3) is 3.09. The summed E-state index contributed by atoms with van der Waals surface area (Å²) in [7, 11) is 1.82. The molecule has 2 aliphatic rings. The molecule has 7 heteroatoms. The highest BCUT2D eigenvalue weighted by Gasteiger charge is 2.44. The normalized spacial score (nSPS) is 21.2. The fourth-order valence-corrected chi connectivity index (χ4v) is 5.22. The van der Waals surface area contributed by atoms with Crippen molar-refractivity contribution < 1.29 is 0 Å². The van der Waals surface area contributed by atoms with Crippen molar-refractivity contribution in [2.75, 3.05) is 22.9 Å². The lowest BCUT2D eigenvalue weighted by Crippen LogP contribution is -2.47. The summed E-state index contributed by atoms with van der Waals surface area (Å²) in [6.45, 7) is 8.97. The number of hydrogen-bond donors (Lipinski definition) is 0. The van der Waals surface area contributed by atoms with Gasteiger partial charge in [0, 0.05) is 32.7 Å². The number of pyridine rings is 1. The number of hydrogen-bond acceptors (Lipinski definition) is 4. The van der Waals surface area contributed by atoms with Crippen LogP contribution in [0.3, 0.4) is 0 Å². The molecule has 0 N–H and O–H groups in total. The number of benzene rings is 1. The van der Waals surface area contributed by atoms with Crippen LogP contribution in [-0.2, 0) is 13.6 Å². The minimum absolute atomic E-state index is 0.00240. The van der Waals surface area contributed by atoms with Crippen molar-refractivity contribution in [1.29, 1.82) is 0 Å². The Labute approximate surface area is 181 Å². The van der Waals surface area contributed by atoms with Gasteiger partial charge in [-0.1, -0.05) is 44.5 Å². The third-order valence-corrected chi connectivity index (χ3v) is 6.61. The highest BCUT2D eigenvalue weighted by Crippen LogP contribution is 2.39. The zero-order chi connectivity index (χ0) is 21.2. The number of imidazole rings is 1. The van der Waals surface area contributed by atoms with Crippen LogP contribution in [0.4, 0.5) is 11.5 Å². The van der Waals surface area contributed by atoms with Gasteiger partial charge in [-0.2, -0.15) is 0 Å². The second-order valence-electron chi connectivity index (χ2n) is 9.80. The SMILES string of the molecule is Cn1c(=O)n(CC(C)(C)C)c2ccc(N3CC4CC3CN4c3ccccc3Cl)nc21. The molecule has 2 aromatic heterocycles. The molecule has 0 saturated carbocycles. The quantitative estimate of drug-likeness (QED) is 0.638. The average molecular weight is 426 g/mol. The van der Waals surface area contributed by atoms with Crippen molar-refractivity contribution >= 4 is 34.3 Å². The molecule has 0 aliphatic carbocycles. The molecule has 6 nitrogen and oxygen atoms in total. The van der Waals surface area contributed by atoms with E-state index in [0.29, 0.717) is 18.6 Å². The van der Waals surface area contributed by atoms with Crippen molar-refractivity contribution in [3.63, 3.8) is 0 Å². The Morgan fingerprint density at radius 1 is 1.07 bits per heavy atom. The second kappa shape index (κ2) is 6.77. The Hall–Kier alpha value is -2.47. The molecule has 1 aromatic carbocycles. The van der Waals surface area contributed by atoms with E-state index in [2.05, 4.69) is 48.8 Å². The molecule has 5 rings (SSSR count). The smallest absolute Gasteiger partial charge is 0.330 e. The Morgan fingerprint density at radius 3 is 2.43 bits per heavy atom. The molecule has 0 amide bonds. The van der Waals surface area contributed by atoms with Gasteiger partial charge in [0.25, 0.3) is 0 Å². The molecule has 2 aliphatic heterocycles. The number of nitrogens with zero attached hydrogens (tertiary/aromatic N) is 5. The van der Waals surface area contributed by atoms with Crippen LogP contribution < -0.4 is 15.5 Å². The van der Waals surface area contributed by atoms with Crippen molar-refractivity contribution in [3.8, 4) is 0 Å². The van der Waals surface area contributed by atoms with E-state index in [9.17, 15) is 4.79 Å². The molecule has 3 aromatic rings. The largest absolute Gasteiger partial charge is 0.363 e. The molecular formula is C23H28ClN5O. The van der Waals surface area contributed by atoms with Crippen LogP contribution in [0.5, 0.6) is 0 Å². The molecule has 0 radical (unpaired) electrons. The van der Waals surface area contributed by atoms with E-state index in [4.69, 9.17) is 16.6 Å². The lowest BCUT2D eigenvalue weighted by atomic mass is 9.97. The molecule has 2 bridgehead atoms. The fraction of sp³-hybridized carbons (Fsp3) is 0.478. The highest BCUT2D eigenvalue weighted by molar-refractivity contribution is 6.33. The van der Waals surface area contributed by atoms with Gasteiger partial charge in [-0.25, -0.2) is 9.78 Å². The molecule has 30 heavy (non-hydrogen) atoms. The Morgan fingerprint density at radius 2 is 1.77 bits per heavy atom. The number of aromatic nitrogens is 3. The summed E-state index contributed by atoms with van der Waals surface area (Å²) < 4.78 is 3.52. The van der Waals surface area contributed by atoms with Crippen LogP contribution >= 0.6 is 11.6 Å². The first-order valence-electron chi connectivity index (χ1n) is 10.6. The maximum Gasteiger partial charge on any atom is 0.330 e. The molecule has 2 saturated heterocycles. The van der Waals surface area contributed by atoms with E-state index in [1.165, 1.54) is 0 Å². The van der Waals surface area contributed by atoms with Crippen molar-refractivity contribution in [2.45, 2.75) is 45.8 Å². The fourth-order valence-electron chi connectivity index (χ4n) is 4.98. The maximum atomic E-state index is 12.8. The number of aryl methyl sites for hydroxylation is 1. The van der Waals surface area contributed by atoms with E-state index in [1.54, 1.807) is 4.57 Å². The van der Waals surface area contributed by atoms with Gasteiger partial charge >= 0.3 is 5.69 Å². The van der Waals surface area contributed by atoms with Crippen LogP contribution in [0.25, 0.3) is 11.2 Å². The summed E-state index contributed by atoms with van der Waals surface area (Å²) in [5.41, 5.74) is 2.80. The number of piperazine rings is 1. The molecule has 0 spiro atoms. The maximum absolute atomic E-state index is 12.8. The number of halogens is 1. The first-order chi connectivity index (χ1) is 14.2. The third-order valence-electron chi connectivity index (χ3n) is 6.30. The van der Waals surface area contributed by atoms with Gasteiger partial charge in [0.2, 0.25) is 0 Å². The Bertz CT molecular complexity index is 1170. The predicted octanol–water partition coefficient (Wildman–Crippen LogP) is 3.90. The number of fused-ring (bicyclic) bond motifs is 3. The van der Waals surface area contributed by atoms with Crippen LogP contribution in [-0.4, -0.2) is 39.3 Å². The van der Waals surface area contributed by atoms with E-state index < -0.39 is 0 Å². The Balaban J connectivity index is 1.44. The summed E-state index contributed by atoms with van der Waals surface area (Å²) in [5.74, 6) is 0.956. The topological polar surface area (TPSA) is 46.3 Å². The van der Waals surface area contributed by atoms with Gasteiger partial charge in [0.05, 0.1) is 22.3 Å². The zero-order valence-corrected chi connectivity index (χ0v) is 18.7. The van der Waals surface area contributed by atoms with E-state index in [-0.39, 0.29) is 11.1 Å². The van der Waals surface area contributed by atoms with Gasteiger partial charge < -0.3 is 9.80 Å². The molecule has 2 fully saturated rings. The molecule has 2 unspecified atom stereocenters. The minimum Gasteiger partial charge on any atom is -0.363 e. The van der Waals surface area contributed by atoms with Gasteiger partial charge in [0.15, 0.2) is 5.65 Å². The summed E-state index contributed by atoms with van der Waals surface area (Å²) in [6, 6.07) is 13.0. The highest BCUT2D eigenvalue weighted by atomic mass is 35.5. The van der Waals surface area contributed by atoms with Crippen LogP contribution in [0.15, 0.2) is 41.2 Å². The molecule has 4 heterocycles. The Kier molecular flexibility index (Phi) is 4.40. The van der Waals surface area contributed by atoms with Crippen molar-refractivity contribution in [2.24, 2.45) is 12.5 Å². The zero-order valence-electron chi connectivity index (χ0n) is 18.0. The summed E-state index contributed by atoms with van der Waals surface area (Å²) in [4.78, 5) is 22.6. The molecular weight excluding hydrogens is 398 g/mol. The van der Waals surface area contributed by atoms with Crippen molar-refractivity contribution in [1.82, 2.24) is 14.1 Å².